The van der Waals surface area contributed by atoms with E-state index in [9.17, 15) is 4.79 Å². The Hall–Kier alpha value is -3.59. The highest BCUT2D eigenvalue weighted by atomic mass is 16.5. The third-order valence-corrected chi connectivity index (χ3v) is 6.29. The highest BCUT2D eigenvalue weighted by Crippen LogP contribution is 2.35. The fourth-order valence-electron chi connectivity index (χ4n) is 5.02. The number of hydrogen-bond donors (Lipinski definition) is 1. The predicted molar refractivity (Wildman–Crippen MR) is 134 cm³/mol. The van der Waals surface area contributed by atoms with Gasteiger partial charge in [0.25, 0.3) is 6.47 Å². The van der Waals surface area contributed by atoms with Gasteiger partial charge in [0.05, 0.1) is 13.3 Å². The second-order valence-corrected chi connectivity index (χ2v) is 10.2. The summed E-state index contributed by atoms with van der Waals surface area (Å²) in [4.78, 5) is 22.0. The van der Waals surface area contributed by atoms with Gasteiger partial charge in [-0.3, -0.25) is 4.79 Å². The maximum absolute atomic E-state index is 11.2. The average molecular weight is 477 g/mol. The molecule has 0 atom stereocenters. The molecule has 3 aromatic rings. The number of benzene rings is 1. The maximum atomic E-state index is 11.2. The smallest absolute Gasteiger partial charge is 0.298 e. The van der Waals surface area contributed by atoms with E-state index in [-0.39, 0.29) is 17.1 Å². The standard InChI is InChI=1S/C26H32N6O3/c1-25(2)13-19(14-26(3,4)31-25)32(5)24-28-15-21(29-30-24)20-8-7-17(11-22(20)35-16-33)18-9-10-27-23(12-18)34-6/h7-12,15-16,19,31H,13-14H2,1-6H3. The number of nitrogens with one attached hydrogen (secondary N) is 1. The fourth-order valence-corrected chi connectivity index (χ4v) is 5.02. The van der Waals surface area contributed by atoms with Crippen LogP contribution in [-0.2, 0) is 4.79 Å². The lowest BCUT2D eigenvalue weighted by molar-refractivity contribution is -0.120. The Balaban J connectivity index is 1.60. The first-order valence-corrected chi connectivity index (χ1v) is 11.6. The molecule has 0 unspecified atom stereocenters. The van der Waals surface area contributed by atoms with Crippen molar-refractivity contribution in [3.05, 3.63) is 42.7 Å². The van der Waals surface area contributed by atoms with Crippen LogP contribution in [0, 0.1) is 0 Å². The van der Waals surface area contributed by atoms with Crippen molar-refractivity contribution in [2.75, 3.05) is 19.1 Å². The van der Waals surface area contributed by atoms with E-state index in [2.05, 4.69) is 58.1 Å². The maximum Gasteiger partial charge on any atom is 0.298 e. The molecular weight excluding hydrogens is 444 g/mol. The lowest BCUT2D eigenvalue weighted by atomic mass is 9.79. The van der Waals surface area contributed by atoms with Crippen LogP contribution in [0.4, 0.5) is 5.95 Å². The van der Waals surface area contributed by atoms with Gasteiger partial charge < -0.3 is 19.7 Å². The summed E-state index contributed by atoms with van der Waals surface area (Å²) in [5.41, 5.74) is 2.89. The highest BCUT2D eigenvalue weighted by molar-refractivity contribution is 5.76. The number of aromatic nitrogens is 4. The number of hydrogen-bond acceptors (Lipinski definition) is 9. The van der Waals surface area contributed by atoms with Gasteiger partial charge in [-0.25, -0.2) is 9.97 Å². The van der Waals surface area contributed by atoms with Crippen molar-refractivity contribution in [3.8, 4) is 34.0 Å². The minimum absolute atomic E-state index is 0.00962. The van der Waals surface area contributed by atoms with Crippen molar-refractivity contribution in [1.29, 1.82) is 0 Å². The Bertz CT molecular complexity index is 1180. The van der Waals surface area contributed by atoms with Crippen LogP contribution in [0.1, 0.15) is 40.5 Å². The first-order chi connectivity index (χ1) is 16.6. The summed E-state index contributed by atoms with van der Waals surface area (Å²) in [6, 6.07) is 9.49. The molecule has 0 radical (unpaired) electrons. The quantitative estimate of drug-likeness (QED) is 0.509. The molecule has 9 heteroatoms. The molecule has 1 saturated heterocycles. The van der Waals surface area contributed by atoms with Gasteiger partial charge in [-0.1, -0.05) is 6.07 Å². The summed E-state index contributed by atoms with van der Waals surface area (Å²) in [6.07, 6.45) is 5.27. The Morgan fingerprint density at radius 3 is 2.37 bits per heavy atom. The zero-order valence-electron chi connectivity index (χ0n) is 21.1. The first-order valence-electron chi connectivity index (χ1n) is 11.6. The number of ether oxygens (including phenoxy) is 2. The SMILES string of the molecule is COc1cc(-c2ccc(-c3cnc(N(C)C4CC(C)(C)NC(C)(C)C4)nn3)c(OC=O)c2)ccn1. The second-order valence-electron chi connectivity index (χ2n) is 10.2. The lowest BCUT2D eigenvalue weighted by Gasteiger charge is -2.48. The molecule has 0 bridgehead atoms. The number of anilines is 1. The van der Waals surface area contributed by atoms with Crippen molar-refractivity contribution in [1.82, 2.24) is 25.5 Å². The normalized spacial score (nSPS) is 17.0. The summed E-state index contributed by atoms with van der Waals surface area (Å²) in [6.45, 7) is 9.28. The molecule has 0 saturated carbocycles. The van der Waals surface area contributed by atoms with Crippen LogP contribution in [0.25, 0.3) is 22.4 Å². The molecule has 35 heavy (non-hydrogen) atoms. The largest absolute Gasteiger partial charge is 0.481 e. The molecule has 1 N–H and O–H groups in total. The molecule has 1 aliphatic heterocycles. The van der Waals surface area contributed by atoms with E-state index in [0.29, 0.717) is 35.3 Å². The van der Waals surface area contributed by atoms with Crippen LogP contribution in [0.3, 0.4) is 0 Å². The highest BCUT2D eigenvalue weighted by Gasteiger charge is 2.39. The molecule has 1 fully saturated rings. The Labute approximate surface area is 205 Å². The van der Waals surface area contributed by atoms with Crippen LogP contribution < -0.4 is 19.7 Å². The molecular formula is C26H32N6O3. The summed E-state index contributed by atoms with van der Waals surface area (Å²) >= 11 is 0. The van der Waals surface area contributed by atoms with Crippen LogP contribution in [0.5, 0.6) is 11.6 Å². The minimum atomic E-state index is 0.00962. The van der Waals surface area contributed by atoms with Gasteiger partial charge in [-0.2, -0.15) is 0 Å². The van der Waals surface area contributed by atoms with E-state index in [1.165, 1.54) is 0 Å². The molecule has 1 aliphatic rings. The third-order valence-electron chi connectivity index (χ3n) is 6.29. The van der Waals surface area contributed by atoms with E-state index in [1.807, 2.05) is 31.3 Å². The number of nitrogens with zero attached hydrogens (tertiary/aromatic N) is 5. The molecule has 0 spiro atoms. The molecule has 2 aromatic heterocycles. The van der Waals surface area contributed by atoms with E-state index in [1.54, 1.807) is 25.6 Å². The third kappa shape index (κ3) is 5.57. The molecule has 0 aliphatic carbocycles. The number of piperidine rings is 1. The van der Waals surface area contributed by atoms with Gasteiger partial charge in [0, 0.05) is 42.0 Å². The Morgan fingerprint density at radius 1 is 1.03 bits per heavy atom. The molecule has 9 nitrogen and oxygen atoms in total. The second kappa shape index (κ2) is 9.58. The number of rotatable bonds is 7. The molecule has 4 rings (SSSR count). The molecule has 1 aromatic carbocycles. The Morgan fingerprint density at radius 2 is 1.74 bits per heavy atom. The van der Waals surface area contributed by atoms with Crippen molar-refractivity contribution in [3.63, 3.8) is 0 Å². The van der Waals surface area contributed by atoms with Crippen LogP contribution >= 0.6 is 0 Å². The molecule has 0 amide bonds. The van der Waals surface area contributed by atoms with Gasteiger partial charge in [-0.05, 0) is 69.9 Å². The first kappa shape index (κ1) is 24.5. The fraction of sp³-hybridized carbons (Fsp3) is 0.423. The summed E-state index contributed by atoms with van der Waals surface area (Å²) < 4.78 is 10.5. The zero-order valence-corrected chi connectivity index (χ0v) is 21.1. The lowest BCUT2D eigenvalue weighted by Crippen LogP contribution is -2.62. The zero-order chi connectivity index (χ0) is 25.2. The van der Waals surface area contributed by atoms with Crippen LogP contribution in [0.2, 0.25) is 0 Å². The molecule has 3 heterocycles. The summed E-state index contributed by atoms with van der Waals surface area (Å²) in [7, 11) is 3.58. The van der Waals surface area contributed by atoms with Crippen molar-refractivity contribution >= 4 is 12.4 Å². The minimum Gasteiger partial charge on any atom is -0.481 e. The van der Waals surface area contributed by atoms with Crippen molar-refractivity contribution < 1.29 is 14.3 Å². The van der Waals surface area contributed by atoms with E-state index >= 15 is 0 Å². The van der Waals surface area contributed by atoms with E-state index < -0.39 is 0 Å². The number of carbonyl (C=O) groups excluding carboxylic acids is 1. The van der Waals surface area contributed by atoms with Crippen LogP contribution in [0.15, 0.2) is 42.7 Å². The molecule has 184 valence electrons. The number of carbonyl (C=O) groups is 1. The summed E-state index contributed by atoms with van der Waals surface area (Å²) in [5, 5.41) is 12.5. The summed E-state index contributed by atoms with van der Waals surface area (Å²) in [5.74, 6) is 1.43. The Kier molecular flexibility index (Phi) is 6.71. The van der Waals surface area contributed by atoms with Gasteiger partial charge in [0.1, 0.15) is 11.4 Å². The van der Waals surface area contributed by atoms with Crippen molar-refractivity contribution in [2.45, 2.75) is 57.7 Å². The van der Waals surface area contributed by atoms with E-state index in [4.69, 9.17) is 9.47 Å². The monoisotopic (exact) mass is 476 g/mol. The van der Waals surface area contributed by atoms with Gasteiger partial charge >= 0.3 is 0 Å². The van der Waals surface area contributed by atoms with Gasteiger partial charge in [0.2, 0.25) is 11.8 Å². The number of pyridine rings is 1. The number of methoxy groups -OCH3 is 1. The van der Waals surface area contributed by atoms with Gasteiger partial charge in [-0.15, -0.1) is 10.2 Å². The van der Waals surface area contributed by atoms with Gasteiger partial charge in [0.15, 0.2) is 0 Å². The predicted octanol–water partition coefficient (Wildman–Crippen LogP) is 3.89. The topological polar surface area (TPSA) is 102 Å². The van der Waals surface area contributed by atoms with E-state index in [0.717, 1.165) is 24.0 Å². The van der Waals surface area contributed by atoms with Crippen molar-refractivity contribution in [2.24, 2.45) is 0 Å². The average Bonchev–Trinajstić information content (AvgIpc) is 2.82. The van der Waals surface area contributed by atoms with Crippen LogP contribution in [-0.4, -0.2) is 57.9 Å².